The van der Waals surface area contributed by atoms with Crippen LogP contribution in [0, 0.1) is 12.8 Å². The second kappa shape index (κ2) is 7.25. The number of carbonyl (C=O) groups is 2. The number of anilines is 1. The van der Waals surface area contributed by atoms with Crippen LogP contribution in [0.5, 0.6) is 0 Å². The molecule has 2 amide bonds. The Morgan fingerprint density at radius 1 is 1.29 bits per heavy atom. The molecular formula is C17H21N5O2. The summed E-state index contributed by atoms with van der Waals surface area (Å²) in [4.78, 5) is 23.9. The van der Waals surface area contributed by atoms with Gasteiger partial charge in [-0.25, -0.2) is 4.68 Å². The zero-order valence-electron chi connectivity index (χ0n) is 13.7. The summed E-state index contributed by atoms with van der Waals surface area (Å²) in [5.74, 6) is -0.0101. The minimum absolute atomic E-state index is 0.110. The monoisotopic (exact) mass is 327 g/mol. The maximum Gasteiger partial charge on any atom is 0.277 e. The molecule has 2 aromatic rings. The summed E-state index contributed by atoms with van der Waals surface area (Å²) in [5, 5.41) is 13.5. The zero-order valence-corrected chi connectivity index (χ0v) is 13.7. The number of aryl methyl sites for hydroxylation is 1. The van der Waals surface area contributed by atoms with Crippen LogP contribution < -0.4 is 10.6 Å². The lowest BCUT2D eigenvalue weighted by Crippen LogP contribution is -2.36. The van der Waals surface area contributed by atoms with E-state index < -0.39 is 0 Å². The number of aromatic nitrogens is 3. The Morgan fingerprint density at radius 2 is 2.08 bits per heavy atom. The van der Waals surface area contributed by atoms with E-state index in [1.54, 1.807) is 10.9 Å². The molecule has 1 aromatic carbocycles. The number of benzene rings is 1. The molecule has 0 atom stereocenters. The molecule has 126 valence electrons. The third-order valence-electron chi connectivity index (χ3n) is 4.28. The van der Waals surface area contributed by atoms with Crippen molar-refractivity contribution in [3.05, 3.63) is 41.7 Å². The van der Waals surface area contributed by atoms with Crippen molar-refractivity contribution in [3.63, 3.8) is 0 Å². The summed E-state index contributed by atoms with van der Waals surface area (Å²) in [6.07, 6.45) is 4.69. The minimum atomic E-state index is -0.297. The van der Waals surface area contributed by atoms with Gasteiger partial charge >= 0.3 is 0 Å². The van der Waals surface area contributed by atoms with Gasteiger partial charge in [-0.1, -0.05) is 29.8 Å². The number of rotatable bonds is 6. The Hall–Kier alpha value is -2.70. The fourth-order valence-electron chi connectivity index (χ4n) is 2.52. The van der Waals surface area contributed by atoms with Crippen LogP contribution in [0.25, 0.3) is 0 Å². The SMILES string of the molecule is Cc1ccccc1NC(=O)c1cn(CCNC(=O)C2CCC2)nn1. The molecule has 0 aliphatic heterocycles. The van der Waals surface area contributed by atoms with Crippen LogP contribution in [0.2, 0.25) is 0 Å². The van der Waals surface area contributed by atoms with Crippen molar-refractivity contribution in [2.45, 2.75) is 32.7 Å². The van der Waals surface area contributed by atoms with E-state index in [1.165, 1.54) is 0 Å². The van der Waals surface area contributed by atoms with Gasteiger partial charge in [0.2, 0.25) is 5.91 Å². The highest BCUT2D eigenvalue weighted by atomic mass is 16.2. The Balaban J connectivity index is 1.50. The van der Waals surface area contributed by atoms with Crippen LogP contribution in [0.15, 0.2) is 30.5 Å². The van der Waals surface area contributed by atoms with E-state index in [-0.39, 0.29) is 23.4 Å². The van der Waals surface area contributed by atoms with Crippen molar-refractivity contribution in [2.24, 2.45) is 5.92 Å². The normalized spacial score (nSPS) is 14.0. The largest absolute Gasteiger partial charge is 0.354 e. The number of para-hydroxylation sites is 1. The first-order chi connectivity index (χ1) is 11.6. The predicted molar refractivity (Wildman–Crippen MR) is 89.5 cm³/mol. The molecule has 24 heavy (non-hydrogen) atoms. The third kappa shape index (κ3) is 3.79. The molecule has 1 aliphatic rings. The molecule has 0 spiro atoms. The van der Waals surface area contributed by atoms with E-state index in [1.807, 2.05) is 31.2 Å². The van der Waals surface area contributed by atoms with Crippen LogP contribution in [0.1, 0.15) is 35.3 Å². The molecule has 0 radical (unpaired) electrons. The van der Waals surface area contributed by atoms with Crippen molar-refractivity contribution in [3.8, 4) is 0 Å². The maximum atomic E-state index is 12.2. The van der Waals surface area contributed by atoms with E-state index in [4.69, 9.17) is 0 Å². The van der Waals surface area contributed by atoms with Gasteiger partial charge in [0.15, 0.2) is 5.69 Å². The number of nitrogens with zero attached hydrogens (tertiary/aromatic N) is 3. The molecule has 0 saturated heterocycles. The fraction of sp³-hybridized carbons (Fsp3) is 0.412. The second-order valence-corrected chi connectivity index (χ2v) is 6.05. The number of amides is 2. The van der Waals surface area contributed by atoms with Gasteiger partial charge < -0.3 is 10.6 Å². The molecule has 1 saturated carbocycles. The van der Waals surface area contributed by atoms with Crippen molar-refractivity contribution < 1.29 is 9.59 Å². The molecule has 1 fully saturated rings. The summed E-state index contributed by atoms with van der Waals surface area (Å²) in [6.45, 7) is 2.90. The summed E-state index contributed by atoms with van der Waals surface area (Å²) in [6, 6.07) is 7.55. The van der Waals surface area contributed by atoms with Gasteiger partial charge in [0.05, 0.1) is 12.7 Å². The lowest BCUT2D eigenvalue weighted by atomic mass is 9.85. The molecule has 0 unspecified atom stereocenters. The Kier molecular flexibility index (Phi) is 4.88. The zero-order chi connectivity index (χ0) is 16.9. The molecular weight excluding hydrogens is 306 g/mol. The number of nitrogens with one attached hydrogen (secondary N) is 2. The quantitative estimate of drug-likeness (QED) is 0.846. The molecule has 1 heterocycles. The van der Waals surface area contributed by atoms with Gasteiger partial charge in [-0.2, -0.15) is 0 Å². The molecule has 0 bridgehead atoms. The third-order valence-corrected chi connectivity index (χ3v) is 4.28. The number of hydrogen-bond donors (Lipinski definition) is 2. The van der Waals surface area contributed by atoms with Crippen LogP contribution >= 0.6 is 0 Å². The maximum absolute atomic E-state index is 12.2. The van der Waals surface area contributed by atoms with E-state index in [0.717, 1.165) is 30.5 Å². The van der Waals surface area contributed by atoms with Crippen molar-refractivity contribution in [1.29, 1.82) is 0 Å². The number of carbonyl (C=O) groups excluding carboxylic acids is 2. The highest BCUT2D eigenvalue weighted by molar-refractivity contribution is 6.02. The first-order valence-electron chi connectivity index (χ1n) is 8.18. The van der Waals surface area contributed by atoms with Crippen LogP contribution in [-0.4, -0.2) is 33.4 Å². The second-order valence-electron chi connectivity index (χ2n) is 6.05. The summed E-state index contributed by atoms with van der Waals surface area (Å²) in [7, 11) is 0. The first kappa shape index (κ1) is 16.2. The summed E-state index contributed by atoms with van der Waals surface area (Å²) in [5.41, 5.74) is 1.99. The molecule has 2 N–H and O–H groups in total. The standard InChI is InChI=1S/C17H21N5O2/c1-12-5-2-3-8-14(12)19-17(24)15-11-22(21-20-15)10-9-18-16(23)13-6-4-7-13/h2-3,5,8,11,13H,4,6-7,9-10H2,1H3,(H,18,23)(H,19,24). The van der Waals surface area contributed by atoms with Crippen LogP contribution in [0.3, 0.4) is 0 Å². The average Bonchev–Trinajstić information content (AvgIpc) is 2.97. The summed E-state index contributed by atoms with van der Waals surface area (Å²) < 4.78 is 1.56. The van der Waals surface area contributed by atoms with Crippen molar-refractivity contribution >= 4 is 17.5 Å². The van der Waals surface area contributed by atoms with Gasteiger partial charge in [-0.3, -0.25) is 9.59 Å². The lowest BCUT2D eigenvalue weighted by molar-refractivity contribution is -0.127. The van der Waals surface area contributed by atoms with Gasteiger partial charge in [0.1, 0.15) is 0 Å². The van der Waals surface area contributed by atoms with Gasteiger partial charge in [-0.05, 0) is 31.4 Å². The smallest absolute Gasteiger partial charge is 0.277 e. The Bertz CT molecular complexity index is 736. The average molecular weight is 327 g/mol. The minimum Gasteiger partial charge on any atom is -0.354 e. The molecule has 1 aromatic heterocycles. The summed E-state index contributed by atoms with van der Waals surface area (Å²) >= 11 is 0. The van der Waals surface area contributed by atoms with Gasteiger partial charge in [-0.15, -0.1) is 5.10 Å². The van der Waals surface area contributed by atoms with Gasteiger partial charge in [0.25, 0.3) is 5.91 Å². The van der Waals surface area contributed by atoms with E-state index in [2.05, 4.69) is 20.9 Å². The lowest BCUT2D eigenvalue weighted by Gasteiger charge is -2.23. The van der Waals surface area contributed by atoms with E-state index >= 15 is 0 Å². The molecule has 7 heteroatoms. The molecule has 3 rings (SSSR count). The van der Waals surface area contributed by atoms with Crippen LogP contribution in [0.4, 0.5) is 5.69 Å². The van der Waals surface area contributed by atoms with E-state index in [0.29, 0.717) is 13.1 Å². The molecule has 7 nitrogen and oxygen atoms in total. The van der Waals surface area contributed by atoms with Crippen molar-refractivity contribution in [2.75, 3.05) is 11.9 Å². The van der Waals surface area contributed by atoms with E-state index in [9.17, 15) is 9.59 Å². The highest BCUT2D eigenvalue weighted by Crippen LogP contribution is 2.25. The van der Waals surface area contributed by atoms with Gasteiger partial charge in [0, 0.05) is 18.2 Å². The fourth-order valence-corrected chi connectivity index (χ4v) is 2.52. The predicted octanol–water partition coefficient (Wildman–Crippen LogP) is 1.76. The highest BCUT2D eigenvalue weighted by Gasteiger charge is 2.24. The topological polar surface area (TPSA) is 88.9 Å². The Morgan fingerprint density at radius 3 is 2.79 bits per heavy atom. The Labute approximate surface area is 140 Å². The number of hydrogen-bond acceptors (Lipinski definition) is 4. The van der Waals surface area contributed by atoms with Crippen LogP contribution in [-0.2, 0) is 11.3 Å². The molecule has 1 aliphatic carbocycles. The van der Waals surface area contributed by atoms with Crippen molar-refractivity contribution in [1.82, 2.24) is 20.3 Å². The first-order valence-corrected chi connectivity index (χ1v) is 8.18.